The van der Waals surface area contributed by atoms with Crippen molar-refractivity contribution in [2.24, 2.45) is 0 Å². The van der Waals surface area contributed by atoms with E-state index in [1.807, 2.05) is 42.5 Å². The lowest BCUT2D eigenvalue weighted by atomic mass is 10.3. The van der Waals surface area contributed by atoms with E-state index >= 15 is 0 Å². The first-order valence-electron chi connectivity index (χ1n) is 9.24. The molecule has 30 heavy (non-hydrogen) atoms. The van der Waals surface area contributed by atoms with Gasteiger partial charge in [0.1, 0.15) is 16.1 Å². The molecule has 5 nitrogen and oxygen atoms in total. The van der Waals surface area contributed by atoms with Gasteiger partial charge < -0.3 is 9.64 Å². The summed E-state index contributed by atoms with van der Waals surface area (Å²) >= 11 is 10.1. The summed E-state index contributed by atoms with van der Waals surface area (Å²) in [5, 5.41) is 9.12. The first-order chi connectivity index (χ1) is 14.6. The van der Waals surface area contributed by atoms with Crippen LogP contribution >= 0.6 is 46.7 Å². The Morgan fingerprint density at radius 2 is 1.83 bits per heavy atom. The summed E-state index contributed by atoms with van der Waals surface area (Å²) in [5.74, 6) is 0.792. The van der Waals surface area contributed by atoms with Crippen LogP contribution in [0.2, 0.25) is 0 Å². The van der Waals surface area contributed by atoms with Crippen LogP contribution in [-0.2, 0) is 0 Å². The lowest BCUT2D eigenvalue weighted by Crippen LogP contribution is -2.26. The van der Waals surface area contributed by atoms with Gasteiger partial charge >= 0.3 is 0 Å². The van der Waals surface area contributed by atoms with Gasteiger partial charge in [-0.25, -0.2) is 9.97 Å². The van der Waals surface area contributed by atoms with Crippen LogP contribution in [0.4, 0.5) is 0 Å². The highest BCUT2D eigenvalue weighted by Crippen LogP contribution is 2.31. The van der Waals surface area contributed by atoms with Crippen LogP contribution < -0.4 is 4.74 Å². The Hall–Kier alpha value is -2.25. The number of thioether (sulfide) groups is 1. The fourth-order valence-corrected chi connectivity index (χ4v) is 6.09. The molecule has 0 radical (unpaired) electrons. The molecule has 2 heterocycles. The van der Waals surface area contributed by atoms with E-state index in [4.69, 9.17) is 22.2 Å². The monoisotopic (exact) mass is 472 g/mol. The largest absolute Gasteiger partial charge is 0.497 e. The number of thiocarbonyl (C=S) groups is 1. The van der Waals surface area contributed by atoms with Gasteiger partial charge in [0.05, 0.1) is 27.5 Å². The number of hydrogen-bond donors (Lipinski definition) is 0. The maximum Gasteiger partial charge on any atom is 0.195 e. The summed E-state index contributed by atoms with van der Waals surface area (Å²) in [6, 6.07) is 15.8. The van der Waals surface area contributed by atoms with Gasteiger partial charge in [-0.1, -0.05) is 24.4 Å². The van der Waals surface area contributed by atoms with Gasteiger partial charge in [0.2, 0.25) is 0 Å². The number of nitriles is 1. The zero-order valence-electron chi connectivity index (χ0n) is 16.8. The minimum atomic E-state index is 0.489. The topological polar surface area (TPSA) is 62.0 Å². The van der Waals surface area contributed by atoms with Crippen molar-refractivity contribution in [2.75, 3.05) is 20.2 Å². The molecule has 0 aliphatic carbocycles. The summed E-state index contributed by atoms with van der Waals surface area (Å²) in [4.78, 5) is 10.9. The van der Waals surface area contributed by atoms with E-state index in [0.717, 1.165) is 43.2 Å². The average Bonchev–Trinajstić information content (AvgIpc) is 3.37. The zero-order chi connectivity index (χ0) is 21.5. The van der Waals surface area contributed by atoms with E-state index in [9.17, 15) is 0 Å². The Morgan fingerprint density at radius 3 is 2.50 bits per heavy atom. The summed E-state index contributed by atoms with van der Waals surface area (Å²) in [5.41, 5.74) is 1.91. The molecule has 0 bridgehead atoms. The highest BCUT2D eigenvalue weighted by Gasteiger charge is 2.11. The lowest BCUT2D eigenvalue weighted by Gasteiger charge is -2.19. The Morgan fingerprint density at radius 1 is 1.10 bits per heavy atom. The van der Waals surface area contributed by atoms with Crippen LogP contribution in [0.15, 0.2) is 46.8 Å². The van der Waals surface area contributed by atoms with E-state index in [-0.39, 0.29) is 0 Å². The van der Waals surface area contributed by atoms with E-state index in [0.29, 0.717) is 5.01 Å². The van der Waals surface area contributed by atoms with Crippen molar-refractivity contribution < 1.29 is 4.74 Å². The first-order valence-corrected chi connectivity index (χ1v) is 12.1. The standard InChI is InChI=1S/C12H14N2S3.C9H6N2OS/c1-3-14(4-2)12(15)17-11-13-9-7-5-6-8-10(9)16-11;1-12-6-2-3-7-8(4-6)13-9(5-10)11-7/h5-8H,3-4H2,1-2H3;2-4H,1H3. The molecular weight excluding hydrogens is 453 g/mol. The molecular formula is C21H20N4OS4. The van der Waals surface area contributed by atoms with E-state index < -0.39 is 0 Å². The molecule has 0 atom stereocenters. The van der Waals surface area contributed by atoms with Gasteiger partial charge in [-0.2, -0.15) is 5.26 Å². The highest BCUT2D eigenvalue weighted by molar-refractivity contribution is 8.23. The van der Waals surface area contributed by atoms with Crippen molar-refractivity contribution in [3.05, 3.63) is 47.5 Å². The second kappa shape index (κ2) is 10.7. The third-order valence-electron chi connectivity index (χ3n) is 4.16. The highest BCUT2D eigenvalue weighted by atomic mass is 32.2. The van der Waals surface area contributed by atoms with E-state index in [1.54, 1.807) is 30.2 Å². The summed E-state index contributed by atoms with van der Waals surface area (Å²) in [6.07, 6.45) is 0. The number of hydrogen-bond acceptors (Lipinski definition) is 8. The zero-order valence-corrected chi connectivity index (χ0v) is 20.1. The smallest absolute Gasteiger partial charge is 0.195 e. The number of para-hydroxylation sites is 1. The summed E-state index contributed by atoms with van der Waals surface area (Å²) in [7, 11) is 1.62. The number of thiazole rings is 2. The Balaban J connectivity index is 0.000000177. The molecule has 0 spiro atoms. The second-order valence-corrected chi connectivity index (χ2v) is 9.89. The first kappa shape index (κ1) is 22.4. The molecule has 0 amide bonds. The number of fused-ring (bicyclic) bond motifs is 2. The SMILES string of the molecule is CCN(CC)C(=S)Sc1nc2ccccc2s1.COc1ccc2nc(C#N)sc2c1. The Kier molecular flexibility index (Phi) is 7.99. The number of aromatic nitrogens is 2. The number of rotatable bonds is 4. The van der Waals surface area contributed by atoms with Crippen molar-refractivity contribution >= 4 is 71.4 Å². The fraction of sp³-hybridized carbons (Fsp3) is 0.238. The third kappa shape index (κ3) is 5.46. The molecule has 2 aromatic carbocycles. The van der Waals surface area contributed by atoms with Crippen molar-refractivity contribution in [1.29, 1.82) is 5.26 Å². The Bertz CT molecular complexity index is 1160. The van der Waals surface area contributed by atoms with Crippen LogP contribution in [0, 0.1) is 11.3 Å². The van der Waals surface area contributed by atoms with Gasteiger partial charge in [0, 0.05) is 13.1 Å². The summed E-state index contributed by atoms with van der Waals surface area (Å²) < 4.78 is 9.21. The van der Waals surface area contributed by atoms with Crippen molar-refractivity contribution in [3.63, 3.8) is 0 Å². The van der Waals surface area contributed by atoms with Gasteiger partial charge in [0.25, 0.3) is 0 Å². The molecule has 0 aliphatic rings. The van der Waals surface area contributed by atoms with Crippen LogP contribution in [-0.4, -0.2) is 39.4 Å². The van der Waals surface area contributed by atoms with Crippen LogP contribution in [0.3, 0.4) is 0 Å². The number of nitrogens with zero attached hydrogens (tertiary/aromatic N) is 4. The number of methoxy groups -OCH3 is 1. The quantitative estimate of drug-likeness (QED) is 0.259. The summed E-state index contributed by atoms with van der Waals surface area (Å²) in [6.45, 7) is 6.14. The van der Waals surface area contributed by atoms with Gasteiger partial charge in [0.15, 0.2) is 9.35 Å². The van der Waals surface area contributed by atoms with Crippen molar-refractivity contribution in [2.45, 2.75) is 18.2 Å². The molecule has 154 valence electrons. The van der Waals surface area contributed by atoms with Crippen molar-refractivity contribution in [1.82, 2.24) is 14.9 Å². The molecule has 0 saturated carbocycles. The molecule has 0 N–H and O–H groups in total. The molecule has 2 aromatic heterocycles. The predicted octanol–water partition coefficient (Wildman–Crippen LogP) is 6.19. The molecule has 9 heteroatoms. The third-order valence-corrected chi connectivity index (χ3v) is 7.62. The molecule has 4 aromatic rings. The van der Waals surface area contributed by atoms with E-state index in [2.05, 4.69) is 34.8 Å². The molecule has 4 rings (SSSR count). The second-order valence-electron chi connectivity index (χ2n) is 5.95. The number of ether oxygens (including phenoxy) is 1. The van der Waals surface area contributed by atoms with Crippen LogP contribution in [0.25, 0.3) is 20.4 Å². The average molecular weight is 473 g/mol. The predicted molar refractivity (Wildman–Crippen MR) is 132 cm³/mol. The van der Waals surface area contributed by atoms with Crippen molar-refractivity contribution in [3.8, 4) is 11.8 Å². The maximum atomic E-state index is 8.63. The normalized spacial score (nSPS) is 10.3. The fourth-order valence-electron chi connectivity index (χ4n) is 2.60. The van der Waals surface area contributed by atoms with Gasteiger partial charge in [-0.05, 0) is 55.9 Å². The molecule has 0 fully saturated rings. The van der Waals surface area contributed by atoms with Crippen LogP contribution in [0.5, 0.6) is 5.75 Å². The minimum absolute atomic E-state index is 0.489. The van der Waals surface area contributed by atoms with Gasteiger partial charge in [-0.3, -0.25) is 0 Å². The molecule has 0 aliphatic heterocycles. The number of benzene rings is 2. The van der Waals surface area contributed by atoms with Crippen LogP contribution in [0.1, 0.15) is 18.9 Å². The Labute approximate surface area is 193 Å². The molecule has 0 unspecified atom stereocenters. The van der Waals surface area contributed by atoms with E-state index in [1.165, 1.54) is 16.0 Å². The lowest BCUT2D eigenvalue weighted by molar-refractivity contribution is 0.415. The van der Waals surface area contributed by atoms with Gasteiger partial charge in [-0.15, -0.1) is 22.7 Å². The maximum absolute atomic E-state index is 8.63. The minimum Gasteiger partial charge on any atom is -0.497 e. The molecule has 0 saturated heterocycles.